The van der Waals surface area contributed by atoms with E-state index in [0.717, 1.165) is 37.1 Å². The predicted octanol–water partition coefficient (Wildman–Crippen LogP) is 2.05. The lowest BCUT2D eigenvalue weighted by atomic mass is 10.1. The van der Waals surface area contributed by atoms with Crippen LogP contribution in [-0.4, -0.2) is 35.6 Å². The number of rotatable bonds is 4. The second-order valence-electron chi connectivity index (χ2n) is 5.09. The van der Waals surface area contributed by atoms with Crippen molar-refractivity contribution in [1.82, 2.24) is 4.90 Å². The van der Waals surface area contributed by atoms with Gasteiger partial charge in [0.1, 0.15) is 5.75 Å². The number of aliphatic hydroxyl groups excluding tert-OH is 1. The van der Waals surface area contributed by atoms with Gasteiger partial charge in [-0.25, -0.2) is 0 Å². The lowest BCUT2D eigenvalue weighted by molar-refractivity contribution is -0.132. The number of carbonyl (C=O) groups excluding carboxylic acids is 1. The molecular formula is C15H21NO3. The van der Waals surface area contributed by atoms with Gasteiger partial charge in [-0.3, -0.25) is 4.79 Å². The fourth-order valence-electron chi connectivity index (χ4n) is 2.31. The van der Waals surface area contributed by atoms with Gasteiger partial charge in [0.05, 0.1) is 6.10 Å². The van der Waals surface area contributed by atoms with Crippen LogP contribution in [0, 0.1) is 6.92 Å². The van der Waals surface area contributed by atoms with Gasteiger partial charge < -0.3 is 14.7 Å². The van der Waals surface area contributed by atoms with Crippen molar-refractivity contribution < 1.29 is 14.6 Å². The molecule has 4 heteroatoms. The highest BCUT2D eigenvalue weighted by atomic mass is 16.5. The molecule has 1 atom stereocenters. The first kappa shape index (κ1) is 13.9. The Balaban J connectivity index is 2.01. The number of amides is 1. The summed E-state index contributed by atoms with van der Waals surface area (Å²) < 4.78 is 5.60. The molecule has 1 fully saturated rings. The number of hydrogen-bond acceptors (Lipinski definition) is 3. The van der Waals surface area contributed by atoms with Gasteiger partial charge in [-0.05, 0) is 38.3 Å². The van der Waals surface area contributed by atoms with E-state index >= 15 is 0 Å². The van der Waals surface area contributed by atoms with Crippen molar-refractivity contribution in [2.75, 3.05) is 19.7 Å². The molecule has 1 aliphatic heterocycles. The summed E-state index contributed by atoms with van der Waals surface area (Å²) in [5, 5.41) is 9.70. The Morgan fingerprint density at radius 3 is 2.74 bits per heavy atom. The maximum absolute atomic E-state index is 11.9. The number of ether oxygens (including phenoxy) is 1. The highest BCUT2D eigenvalue weighted by molar-refractivity contribution is 5.78. The van der Waals surface area contributed by atoms with Crippen LogP contribution in [0.2, 0.25) is 0 Å². The van der Waals surface area contributed by atoms with Crippen molar-refractivity contribution in [3.05, 3.63) is 29.3 Å². The summed E-state index contributed by atoms with van der Waals surface area (Å²) in [4.78, 5) is 13.8. The number of carbonyl (C=O) groups is 1. The summed E-state index contributed by atoms with van der Waals surface area (Å²) in [5.74, 6) is 0.623. The molecule has 0 radical (unpaired) electrons. The molecule has 1 aromatic carbocycles. The third kappa shape index (κ3) is 3.47. The van der Waals surface area contributed by atoms with Crippen LogP contribution in [0.1, 0.15) is 37.0 Å². The lowest BCUT2D eigenvalue weighted by Crippen LogP contribution is -2.32. The van der Waals surface area contributed by atoms with Crippen molar-refractivity contribution in [1.29, 1.82) is 0 Å². The summed E-state index contributed by atoms with van der Waals surface area (Å²) >= 11 is 0. The molecule has 1 amide bonds. The van der Waals surface area contributed by atoms with Crippen LogP contribution in [0.15, 0.2) is 18.2 Å². The van der Waals surface area contributed by atoms with Crippen LogP contribution >= 0.6 is 0 Å². The highest BCUT2D eigenvalue weighted by Gasteiger charge is 2.19. The molecule has 1 saturated heterocycles. The van der Waals surface area contributed by atoms with Crippen LogP contribution in [0.3, 0.4) is 0 Å². The Bertz CT molecular complexity index is 451. The number of aliphatic hydroxyl groups is 1. The van der Waals surface area contributed by atoms with Gasteiger partial charge in [-0.15, -0.1) is 0 Å². The molecule has 0 saturated carbocycles. The van der Waals surface area contributed by atoms with E-state index in [1.54, 1.807) is 6.92 Å². The number of benzene rings is 1. The molecule has 0 spiro atoms. The number of likely N-dealkylation sites (tertiary alicyclic amines) is 1. The zero-order valence-electron chi connectivity index (χ0n) is 11.6. The maximum atomic E-state index is 11.9. The van der Waals surface area contributed by atoms with E-state index in [9.17, 15) is 9.90 Å². The predicted molar refractivity (Wildman–Crippen MR) is 73.1 cm³/mol. The minimum atomic E-state index is -0.600. The molecule has 1 N–H and O–H groups in total. The Hall–Kier alpha value is -1.55. The first-order valence-corrected chi connectivity index (χ1v) is 6.77. The van der Waals surface area contributed by atoms with Crippen molar-refractivity contribution in [2.24, 2.45) is 0 Å². The fourth-order valence-corrected chi connectivity index (χ4v) is 2.31. The molecule has 0 aromatic heterocycles. The van der Waals surface area contributed by atoms with Gasteiger partial charge >= 0.3 is 0 Å². The summed E-state index contributed by atoms with van der Waals surface area (Å²) in [7, 11) is 0. The van der Waals surface area contributed by atoms with Crippen LogP contribution < -0.4 is 4.74 Å². The normalized spacial score (nSPS) is 16.5. The van der Waals surface area contributed by atoms with Gasteiger partial charge in [-0.1, -0.05) is 12.1 Å². The molecule has 1 unspecified atom stereocenters. The lowest BCUT2D eigenvalue weighted by Gasteiger charge is -2.18. The first-order chi connectivity index (χ1) is 9.08. The molecule has 19 heavy (non-hydrogen) atoms. The maximum Gasteiger partial charge on any atom is 0.260 e. The number of aryl methyl sites for hydroxylation is 1. The van der Waals surface area contributed by atoms with E-state index in [-0.39, 0.29) is 12.5 Å². The van der Waals surface area contributed by atoms with Gasteiger partial charge in [0.25, 0.3) is 5.91 Å². The Morgan fingerprint density at radius 2 is 2.11 bits per heavy atom. The Kier molecular flexibility index (Phi) is 4.43. The standard InChI is InChI=1S/C15H21NO3/c1-11-5-6-13(12(2)17)14(9-11)19-10-15(18)16-7-3-4-8-16/h5-6,9,12,17H,3-4,7-8,10H2,1-2H3. The van der Waals surface area contributed by atoms with E-state index < -0.39 is 6.10 Å². The third-order valence-electron chi connectivity index (χ3n) is 3.43. The highest BCUT2D eigenvalue weighted by Crippen LogP contribution is 2.26. The quantitative estimate of drug-likeness (QED) is 0.904. The smallest absolute Gasteiger partial charge is 0.260 e. The molecule has 1 aromatic rings. The monoisotopic (exact) mass is 263 g/mol. The molecule has 2 rings (SSSR count). The molecular weight excluding hydrogens is 242 g/mol. The van der Waals surface area contributed by atoms with Crippen molar-refractivity contribution in [2.45, 2.75) is 32.8 Å². The summed E-state index contributed by atoms with van der Waals surface area (Å²) in [6.07, 6.45) is 1.56. The van der Waals surface area contributed by atoms with Gasteiger partial charge in [0.2, 0.25) is 0 Å². The molecule has 1 heterocycles. The van der Waals surface area contributed by atoms with E-state index in [0.29, 0.717) is 5.75 Å². The van der Waals surface area contributed by atoms with Crippen LogP contribution in [0.4, 0.5) is 0 Å². The van der Waals surface area contributed by atoms with Gasteiger partial charge in [-0.2, -0.15) is 0 Å². The average molecular weight is 263 g/mol. The SMILES string of the molecule is Cc1ccc(C(C)O)c(OCC(=O)N2CCCC2)c1. The topological polar surface area (TPSA) is 49.8 Å². The molecule has 0 aliphatic carbocycles. The summed E-state index contributed by atoms with van der Waals surface area (Å²) in [5.41, 5.74) is 1.77. The molecule has 1 aliphatic rings. The van der Waals surface area contributed by atoms with Crippen molar-refractivity contribution in [3.8, 4) is 5.75 Å². The Morgan fingerprint density at radius 1 is 1.42 bits per heavy atom. The van der Waals surface area contributed by atoms with E-state index in [4.69, 9.17) is 4.74 Å². The second-order valence-corrected chi connectivity index (χ2v) is 5.09. The minimum Gasteiger partial charge on any atom is -0.483 e. The Labute approximate surface area is 114 Å². The van der Waals surface area contributed by atoms with E-state index in [2.05, 4.69) is 0 Å². The van der Waals surface area contributed by atoms with E-state index in [1.165, 1.54) is 0 Å². The largest absolute Gasteiger partial charge is 0.483 e. The fraction of sp³-hybridized carbons (Fsp3) is 0.533. The molecule has 0 bridgehead atoms. The second kappa shape index (κ2) is 6.06. The molecule has 4 nitrogen and oxygen atoms in total. The van der Waals surface area contributed by atoms with Gasteiger partial charge in [0, 0.05) is 18.7 Å². The minimum absolute atomic E-state index is 0.0237. The van der Waals surface area contributed by atoms with Crippen LogP contribution in [0.5, 0.6) is 5.75 Å². The molecule has 104 valence electrons. The number of hydrogen-bond donors (Lipinski definition) is 1. The average Bonchev–Trinajstić information content (AvgIpc) is 2.89. The zero-order valence-corrected chi connectivity index (χ0v) is 11.6. The van der Waals surface area contributed by atoms with Crippen molar-refractivity contribution in [3.63, 3.8) is 0 Å². The first-order valence-electron chi connectivity index (χ1n) is 6.77. The zero-order chi connectivity index (χ0) is 13.8. The summed E-state index contributed by atoms with van der Waals surface area (Å²) in [6, 6.07) is 5.63. The summed E-state index contributed by atoms with van der Waals surface area (Å²) in [6.45, 7) is 5.36. The van der Waals surface area contributed by atoms with E-state index in [1.807, 2.05) is 30.0 Å². The third-order valence-corrected chi connectivity index (χ3v) is 3.43. The van der Waals surface area contributed by atoms with Crippen LogP contribution in [-0.2, 0) is 4.79 Å². The number of nitrogens with zero attached hydrogens (tertiary/aromatic N) is 1. The van der Waals surface area contributed by atoms with Gasteiger partial charge in [0.15, 0.2) is 6.61 Å². The van der Waals surface area contributed by atoms with Crippen LogP contribution in [0.25, 0.3) is 0 Å². The van der Waals surface area contributed by atoms with Crippen molar-refractivity contribution >= 4 is 5.91 Å².